The fourth-order valence-corrected chi connectivity index (χ4v) is 1.79. The maximum Gasteiger partial charge on any atom is 0.121 e. The predicted molar refractivity (Wildman–Crippen MR) is 75.1 cm³/mol. The Morgan fingerprint density at radius 1 is 0.889 bits per heavy atom. The van der Waals surface area contributed by atoms with E-state index in [-0.39, 0.29) is 0 Å². The minimum atomic E-state index is 0.489. The van der Waals surface area contributed by atoms with Crippen LogP contribution >= 0.6 is 23.2 Å². The van der Waals surface area contributed by atoms with Gasteiger partial charge in [0.15, 0.2) is 0 Å². The molecule has 0 spiro atoms. The summed E-state index contributed by atoms with van der Waals surface area (Å²) in [7, 11) is 0. The second kappa shape index (κ2) is 6.10. The molecule has 2 rings (SSSR count). The van der Waals surface area contributed by atoms with Crippen LogP contribution in [-0.2, 0) is 13.2 Å². The molecule has 2 aromatic rings. The van der Waals surface area contributed by atoms with Crippen molar-refractivity contribution in [2.45, 2.75) is 13.2 Å². The van der Waals surface area contributed by atoms with Crippen LogP contribution in [0.5, 0.6) is 5.75 Å². The van der Waals surface area contributed by atoms with Gasteiger partial charge in [0.2, 0.25) is 0 Å². The van der Waals surface area contributed by atoms with E-state index < -0.39 is 0 Å². The van der Waals surface area contributed by atoms with Gasteiger partial charge in [0.25, 0.3) is 0 Å². The average Bonchev–Trinajstić information content (AvgIpc) is 2.41. The van der Waals surface area contributed by atoms with Crippen LogP contribution in [0.1, 0.15) is 11.1 Å². The van der Waals surface area contributed by atoms with Crippen molar-refractivity contribution >= 4 is 23.2 Å². The Morgan fingerprint density at radius 2 is 1.56 bits per heavy atom. The molecule has 0 saturated carbocycles. The van der Waals surface area contributed by atoms with E-state index >= 15 is 0 Å². The minimum absolute atomic E-state index is 0.489. The molecule has 0 radical (unpaired) electrons. The molecular weight excluding hydrogens is 269 g/mol. The third-order valence-corrected chi connectivity index (χ3v) is 3.29. The van der Waals surface area contributed by atoms with E-state index in [1.165, 1.54) is 0 Å². The molecule has 2 aromatic carbocycles. The first-order valence-electron chi connectivity index (χ1n) is 5.55. The second-order valence-corrected chi connectivity index (χ2v) is 4.70. The molecule has 0 heterocycles. The molecule has 0 aliphatic heterocycles. The predicted octanol–water partition coefficient (Wildman–Crippen LogP) is 4.03. The van der Waals surface area contributed by atoms with Crippen LogP contribution in [-0.4, -0.2) is 0 Å². The van der Waals surface area contributed by atoms with Gasteiger partial charge in [-0.25, -0.2) is 0 Å². The Hall–Kier alpha value is -1.22. The molecule has 4 heteroatoms. The number of ether oxygens (including phenoxy) is 1. The monoisotopic (exact) mass is 281 g/mol. The highest BCUT2D eigenvalue weighted by Crippen LogP contribution is 2.26. The molecule has 94 valence electrons. The molecule has 0 aromatic heterocycles. The van der Waals surface area contributed by atoms with Crippen molar-refractivity contribution in [3.8, 4) is 5.75 Å². The summed E-state index contributed by atoms with van der Waals surface area (Å²) >= 11 is 11.7. The maximum absolute atomic E-state index is 5.91. The minimum Gasteiger partial charge on any atom is -0.489 e. The van der Waals surface area contributed by atoms with Gasteiger partial charge in [0.1, 0.15) is 12.4 Å². The summed E-state index contributed by atoms with van der Waals surface area (Å²) in [5, 5.41) is 1.02. The van der Waals surface area contributed by atoms with E-state index in [1.807, 2.05) is 24.3 Å². The van der Waals surface area contributed by atoms with Crippen LogP contribution < -0.4 is 10.5 Å². The van der Waals surface area contributed by atoms with Gasteiger partial charge >= 0.3 is 0 Å². The molecule has 0 atom stereocenters. The van der Waals surface area contributed by atoms with Gasteiger partial charge in [0.05, 0.1) is 10.0 Å². The zero-order chi connectivity index (χ0) is 13.0. The van der Waals surface area contributed by atoms with Crippen LogP contribution in [0.4, 0.5) is 0 Å². The van der Waals surface area contributed by atoms with Crippen molar-refractivity contribution in [1.29, 1.82) is 0 Å². The summed E-state index contributed by atoms with van der Waals surface area (Å²) in [6.07, 6.45) is 0. The first-order valence-corrected chi connectivity index (χ1v) is 6.30. The van der Waals surface area contributed by atoms with Gasteiger partial charge in [-0.2, -0.15) is 0 Å². The van der Waals surface area contributed by atoms with Gasteiger partial charge in [-0.15, -0.1) is 0 Å². The topological polar surface area (TPSA) is 35.2 Å². The molecule has 0 unspecified atom stereocenters. The molecule has 18 heavy (non-hydrogen) atoms. The number of benzene rings is 2. The highest BCUT2D eigenvalue weighted by atomic mass is 35.5. The summed E-state index contributed by atoms with van der Waals surface area (Å²) < 4.78 is 5.63. The first-order chi connectivity index (χ1) is 8.69. The Kier molecular flexibility index (Phi) is 4.48. The zero-order valence-corrected chi connectivity index (χ0v) is 11.2. The van der Waals surface area contributed by atoms with Crippen molar-refractivity contribution in [2.75, 3.05) is 0 Å². The summed E-state index contributed by atoms with van der Waals surface area (Å²) in [6, 6.07) is 13.2. The van der Waals surface area contributed by atoms with Crippen LogP contribution in [0.25, 0.3) is 0 Å². The van der Waals surface area contributed by atoms with E-state index in [0.717, 1.165) is 11.1 Å². The molecule has 0 fully saturated rings. The van der Waals surface area contributed by atoms with Crippen LogP contribution in [0.15, 0.2) is 42.5 Å². The highest BCUT2D eigenvalue weighted by molar-refractivity contribution is 6.42. The van der Waals surface area contributed by atoms with Gasteiger partial charge in [-0.3, -0.25) is 0 Å². The molecule has 0 saturated heterocycles. The van der Waals surface area contributed by atoms with E-state index in [9.17, 15) is 0 Å². The largest absolute Gasteiger partial charge is 0.489 e. The third-order valence-electron chi connectivity index (χ3n) is 2.56. The zero-order valence-electron chi connectivity index (χ0n) is 9.70. The Bertz CT molecular complexity index is 526. The smallest absolute Gasteiger partial charge is 0.121 e. The van der Waals surface area contributed by atoms with Crippen molar-refractivity contribution in [2.24, 2.45) is 5.73 Å². The standard InChI is InChI=1S/C14H13Cl2NO/c15-13-6-5-12(7-14(13)16)18-9-11-3-1-10(8-17)2-4-11/h1-7H,8-9,17H2. The number of rotatable bonds is 4. The molecule has 2 nitrogen and oxygen atoms in total. The maximum atomic E-state index is 5.91. The van der Waals surface area contributed by atoms with E-state index in [1.54, 1.807) is 18.2 Å². The third kappa shape index (κ3) is 3.39. The second-order valence-electron chi connectivity index (χ2n) is 3.89. The lowest BCUT2D eigenvalue weighted by atomic mass is 10.1. The molecule has 0 aliphatic carbocycles. The lowest BCUT2D eigenvalue weighted by Crippen LogP contribution is -1.98. The van der Waals surface area contributed by atoms with Crippen LogP contribution in [0.3, 0.4) is 0 Å². The summed E-state index contributed by atoms with van der Waals surface area (Å²) in [5.41, 5.74) is 7.72. The summed E-state index contributed by atoms with van der Waals surface area (Å²) in [6.45, 7) is 1.04. The van der Waals surface area contributed by atoms with Crippen molar-refractivity contribution in [3.05, 3.63) is 63.6 Å². The van der Waals surface area contributed by atoms with E-state index in [0.29, 0.717) is 28.9 Å². The molecule has 0 aliphatic rings. The summed E-state index contributed by atoms with van der Waals surface area (Å²) in [4.78, 5) is 0. The van der Waals surface area contributed by atoms with Gasteiger partial charge in [0, 0.05) is 12.6 Å². The van der Waals surface area contributed by atoms with Crippen LogP contribution in [0, 0.1) is 0 Å². The SMILES string of the molecule is NCc1ccc(COc2ccc(Cl)c(Cl)c2)cc1. The number of nitrogens with two attached hydrogens (primary N) is 1. The molecule has 0 amide bonds. The average molecular weight is 282 g/mol. The Labute approximate surface area is 116 Å². The molecular formula is C14H13Cl2NO. The quantitative estimate of drug-likeness (QED) is 0.918. The van der Waals surface area contributed by atoms with E-state index in [2.05, 4.69) is 0 Å². The molecule has 0 bridgehead atoms. The van der Waals surface area contributed by atoms with Crippen molar-refractivity contribution < 1.29 is 4.74 Å². The van der Waals surface area contributed by atoms with Gasteiger partial charge in [-0.1, -0.05) is 47.5 Å². The van der Waals surface area contributed by atoms with Gasteiger partial charge < -0.3 is 10.5 Å². The Morgan fingerprint density at radius 3 is 2.17 bits per heavy atom. The number of hydrogen-bond acceptors (Lipinski definition) is 2. The van der Waals surface area contributed by atoms with Gasteiger partial charge in [-0.05, 0) is 23.3 Å². The fourth-order valence-electron chi connectivity index (χ4n) is 1.50. The first kappa shape index (κ1) is 13.2. The van der Waals surface area contributed by atoms with Crippen LogP contribution in [0.2, 0.25) is 10.0 Å². The Balaban J connectivity index is 1.99. The highest BCUT2D eigenvalue weighted by Gasteiger charge is 2.01. The lowest BCUT2D eigenvalue weighted by molar-refractivity contribution is 0.306. The van der Waals surface area contributed by atoms with Crippen molar-refractivity contribution in [3.63, 3.8) is 0 Å². The lowest BCUT2D eigenvalue weighted by Gasteiger charge is -2.07. The number of hydrogen-bond donors (Lipinski definition) is 1. The fraction of sp³-hybridized carbons (Fsp3) is 0.143. The summed E-state index contributed by atoms with van der Waals surface area (Å²) in [5.74, 6) is 0.701. The van der Waals surface area contributed by atoms with Crippen molar-refractivity contribution in [1.82, 2.24) is 0 Å². The number of halogens is 2. The van der Waals surface area contributed by atoms with E-state index in [4.69, 9.17) is 33.7 Å². The molecule has 2 N–H and O–H groups in total. The normalized spacial score (nSPS) is 10.4.